The van der Waals surface area contributed by atoms with E-state index < -0.39 is 16.9 Å². The summed E-state index contributed by atoms with van der Waals surface area (Å²) in [4.78, 5) is 9.64. The number of benzene rings is 1. The maximum atomic E-state index is 10.3. The molecule has 1 unspecified atom stereocenters. The highest BCUT2D eigenvalue weighted by atomic mass is 16.6. The summed E-state index contributed by atoms with van der Waals surface area (Å²) in [5.41, 5.74) is 5.30. The van der Waals surface area contributed by atoms with Gasteiger partial charge in [-0.1, -0.05) is 6.07 Å². The molecule has 0 aliphatic carbocycles. The first-order valence-corrected chi connectivity index (χ1v) is 3.90. The van der Waals surface area contributed by atoms with E-state index in [4.69, 9.17) is 10.8 Å². The molecular formula is C8H10N2O4. The first-order valence-electron chi connectivity index (χ1n) is 3.90. The van der Waals surface area contributed by atoms with Crippen LogP contribution in [0.4, 0.5) is 5.69 Å². The number of aromatic hydroxyl groups is 1. The highest BCUT2D eigenvalue weighted by Gasteiger charge is 2.13. The second-order valence-corrected chi connectivity index (χ2v) is 2.85. The molecule has 1 aromatic carbocycles. The van der Waals surface area contributed by atoms with Crippen LogP contribution in [-0.4, -0.2) is 21.4 Å². The molecular weight excluding hydrogens is 188 g/mol. The summed E-state index contributed by atoms with van der Waals surface area (Å²) in [6.45, 7) is 0. The molecule has 14 heavy (non-hydrogen) atoms. The number of nitro benzene ring substituents is 1. The number of hydrogen-bond donors (Lipinski definition) is 3. The summed E-state index contributed by atoms with van der Waals surface area (Å²) in [5, 5.41) is 28.4. The second kappa shape index (κ2) is 4.03. The smallest absolute Gasteiger partial charge is 0.310 e. The average molecular weight is 198 g/mol. The van der Waals surface area contributed by atoms with Crippen molar-refractivity contribution in [2.75, 3.05) is 0 Å². The van der Waals surface area contributed by atoms with Crippen molar-refractivity contribution in [3.05, 3.63) is 33.9 Å². The van der Waals surface area contributed by atoms with Gasteiger partial charge in [0, 0.05) is 12.5 Å². The molecule has 4 N–H and O–H groups in total. The maximum Gasteiger partial charge on any atom is 0.310 e. The largest absolute Gasteiger partial charge is 0.502 e. The van der Waals surface area contributed by atoms with Gasteiger partial charge in [0.2, 0.25) is 0 Å². The first-order chi connectivity index (χ1) is 6.50. The van der Waals surface area contributed by atoms with Crippen LogP contribution in [0.1, 0.15) is 5.56 Å². The van der Waals surface area contributed by atoms with E-state index in [1.165, 1.54) is 18.2 Å². The summed E-state index contributed by atoms with van der Waals surface area (Å²) in [6, 6.07) is 3.83. The Balaban J connectivity index is 2.94. The first kappa shape index (κ1) is 10.4. The molecule has 1 aromatic rings. The van der Waals surface area contributed by atoms with Gasteiger partial charge in [0.15, 0.2) is 5.75 Å². The fraction of sp³-hybridized carbons (Fsp3) is 0.250. The molecule has 0 aliphatic heterocycles. The number of hydrogen-bond acceptors (Lipinski definition) is 5. The third-order valence-electron chi connectivity index (χ3n) is 1.68. The molecule has 0 fully saturated rings. The predicted molar refractivity (Wildman–Crippen MR) is 48.7 cm³/mol. The maximum absolute atomic E-state index is 10.3. The Labute approximate surface area is 79.7 Å². The molecule has 0 spiro atoms. The highest BCUT2D eigenvalue weighted by molar-refractivity contribution is 5.47. The zero-order valence-electron chi connectivity index (χ0n) is 7.25. The number of aliphatic hydroxyl groups excluding tert-OH is 1. The fourth-order valence-corrected chi connectivity index (χ4v) is 1.09. The Kier molecular flexibility index (Phi) is 3.00. The van der Waals surface area contributed by atoms with Gasteiger partial charge in [-0.05, 0) is 11.6 Å². The minimum Gasteiger partial charge on any atom is -0.502 e. The van der Waals surface area contributed by atoms with Gasteiger partial charge in [-0.15, -0.1) is 0 Å². The summed E-state index contributed by atoms with van der Waals surface area (Å²) >= 11 is 0. The Morgan fingerprint density at radius 3 is 2.64 bits per heavy atom. The molecule has 6 nitrogen and oxygen atoms in total. The van der Waals surface area contributed by atoms with Crippen LogP contribution < -0.4 is 5.73 Å². The lowest BCUT2D eigenvalue weighted by atomic mass is 10.1. The van der Waals surface area contributed by atoms with Crippen molar-refractivity contribution in [3.8, 4) is 5.75 Å². The molecule has 0 heterocycles. The van der Waals surface area contributed by atoms with Gasteiger partial charge < -0.3 is 15.9 Å². The molecule has 0 amide bonds. The predicted octanol–water partition coefficient (Wildman–Crippen LogP) is 0.120. The lowest BCUT2D eigenvalue weighted by Crippen LogP contribution is -2.21. The number of rotatable bonds is 3. The zero-order chi connectivity index (χ0) is 10.7. The average Bonchev–Trinajstić information content (AvgIpc) is 2.01. The van der Waals surface area contributed by atoms with E-state index in [1.54, 1.807) is 0 Å². The molecule has 0 aliphatic rings. The monoisotopic (exact) mass is 198 g/mol. The van der Waals surface area contributed by atoms with Crippen LogP contribution in [0.5, 0.6) is 5.75 Å². The quantitative estimate of drug-likeness (QED) is 0.363. The van der Waals surface area contributed by atoms with Crippen LogP contribution in [0, 0.1) is 10.1 Å². The van der Waals surface area contributed by atoms with Crippen LogP contribution in [0.15, 0.2) is 18.2 Å². The van der Waals surface area contributed by atoms with Crippen molar-refractivity contribution in [1.82, 2.24) is 0 Å². The molecule has 1 rings (SSSR count). The molecule has 6 heteroatoms. The van der Waals surface area contributed by atoms with E-state index in [1.807, 2.05) is 0 Å². The van der Waals surface area contributed by atoms with Gasteiger partial charge in [-0.3, -0.25) is 10.1 Å². The topological polar surface area (TPSA) is 110 Å². The SMILES string of the molecule is NC(O)Cc1ccc([N+](=O)[O-])c(O)c1. The Morgan fingerprint density at radius 2 is 2.21 bits per heavy atom. The van der Waals surface area contributed by atoms with Crippen molar-refractivity contribution in [2.45, 2.75) is 12.6 Å². The highest BCUT2D eigenvalue weighted by Crippen LogP contribution is 2.26. The standard InChI is InChI=1S/C8H10N2O4/c9-8(12)4-5-1-2-6(10(13)14)7(11)3-5/h1-3,8,11-12H,4,9H2. The van der Waals surface area contributed by atoms with Gasteiger partial charge in [0.25, 0.3) is 0 Å². The Bertz CT molecular complexity index is 351. The molecule has 0 saturated heterocycles. The summed E-state index contributed by atoms with van der Waals surface area (Å²) in [6.07, 6.45) is -0.887. The van der Waals surface area contributed by atoms with E-state index in [2.05, 4.69) is 0 Å². The van der Waals surface area contributed by atoms with Crippen LogP contribution in [0.25, 0.3) is 0 Å². The molecule has 76 valence electrons. The van der Waals surface area contributed by atoms with Gasteiger partial charge in [0.05, 0.1) is 4.92 Å². The number of aliphatic hydroxyl groups is 1. The number of nitrogens with two attached hydrogens (primary N) is 1. The van der Waals surface area contributed by atoms with Crippen molar-refractivity contribution >= 4 is 5.69 Å². The number of nitrogens with zero attached hydrogens (tertiary/aromatic N) is 1. The Hall–Kier alpha value is -1.66. The van der Waals surface area contributed by atoms with Crippen molar-refractivity contribution < 1.29 is 15.1 Å². The van der Waals surface area contributed by atoms with E-state index in [9.17, 15) is 15.2 Å². The van der Waals surface area contributed by atoms with Gasteiger partial charge >= 0.3 is 5.69 Å². The van der Waals surface area contributed by atoms with Crippen molar-refractivity contribution in [3.63, 3.8) is 0 Å². The summed E-state index contributed by atoms with van der Waals surface area (Å²) in [7, 11) is 0. The van der Waals surface area contributed by atoms with Gasteiger partial charge in [0.1, 0.15) is 6.23 Å². The normalized spacial score (nSPS) is 12.4. The van der Waals surface area contributed by atoms with Gasteiger partial charge in [-0.25, -0.2) is 0 Å². The second-order valence-electron chi connectivity index (χ2n) is 2.85. The van der Waals surface area contributed by atoms with E-state index >= 15 is 0 Å². The number of phenolic OH excluding ortho intramolecular Hbond substituents is 1. The lowest BCUT2D eigenvalue weighted by Gasteiger charge is -2.04. The minimum atomic E-state index is -1.03. The zero-order valence-corrected chi connectivity index (χ0v) is 7.25. The van der Waals surface area contributed by atoms with Crippen LogP contribution in [0.3, 0.4) is 0 Å². The number of nitro groups is 1. The van der Waals surface area contributed by atoms with Crippen molar-refractivity contribution in [2.24, 2.45) is 5.73 Å². The van der Waals surface area contributed by atoms with Crippen LogP contribution in [0.2, 0.25) is 0 Å². The Morgan fingerprint density at radius 1 is 1.57 bits per heavy atom. The fourth-order valence-electron chi connectivity index (χ4n) is 1.09. The lowest BCUT2D eigenvalue weighted by molar-refractivity contribution is -0.385. The minimum absolute atomic E-state index is 0.144. The van der Waals surface area contributed by atoms with E-state index in [-0.39, 0.29) is 12.1 Å². The van der Waals surface area contributed by atoms with Crippen molar-refractivity contribution in [1.29, 1.82) is 0 Å². The molecule has 0 aromatic heterocycles. The van der Waals surface area contributed by atoms with E-state index in [0.29, 0.717) is 5.56 Å². The molecule has 0 bridgehead atoms. The van der Waals surface area contributed by atoms with Crippen LogP contribution in [-0.2, 0) is 6.42 Å². The molecule has 0 radical (unpaired) electrons. The third kappa shape index (κ3) is 2.41. The van der Waals surface area contributed by atoms with Crippen LogP contribution >= 0.6 is 0 Å². The number of phenols is 1. The summed E-state index contributed by atoms with van der Waals surface area (Å²) < 4.78 is 0. The van der Waals surface area contributed by atoms with E-state index in [0.717, 1.165) is 0 Å². The van der Waals surface area contributed by atoms with Gasteiger partial charge in [-0.2, -0.15) is 0 Å². The summed E-state index contributed by atoms with van der Waals surface area (Å²) in [5.74, 6) is -0.423. The molecule has 1 atom stereocenters. The third-order valence-corrected chi connectivity index (χ3v) is 1.68. The molecule has 0 saturated carbocycles.